The number of hydrogen-bond acceptors (Lipinski definition) is 4. The Hall–Kier alpha value is -1.95. The summed E-state index contributed by atoms with van der Waals surface area (Å²) in [4.78, 5) is 17.2. The Morgan fingerprint density at radius 1 is 1.35 bits per heavy atom. The maximum absolute atomic E-state index is 11.3. The molecule has 1 saturated carbocycles. The smallest absolute Gasteiger partial charge is 0.248 e. The molecule has 0 bridgehead atoms. The van der Waals surface area contributed by atoms with E-state index in [0.29, 0.717) is 11.6 Å². The van der Waals surface area contributed by atoms with Crippen molar-refractivity contribution in [2.24, 2.45) is 17.8 Å². The van der Waals surface area contributed by atoms with Crippen molar-refractivity contribution in [3.8, 4) is 10.6 Å². The molecule has 1 aromatic heterocycles. The summed E-state index contributed by atoms with van der Waals surface area (Å²) in [5, 5.41) is 5.51. The minimum absolute atomic E-state index is 0.397. The highest BCUT2D eigenvalue weighted by Crippen LogP contribution is 2.23. The van der Waals surface area contributed by atoms with Gasteiger partial charge in [-0.2, -0.15) is 5.10 Å². The molecule has 0 atom stereocenters. The van der Waals surface area contributed by atoms with Crippen LogP contribution < -0.4 is 10.5 Å². The van der Waals surface area contributed by atoms with Gasteiger partial charge in [-0.1, -0.05) is 36.7 Å². The Balaban J connectivity index is 1.92. The van der Waals surface area contributed by atoms with E-state index < -0.39 is 5.91 Å². The standard InChI is InChI=1S/C17H22N4OS/c1-11-10-12(8-9-14(11)15(18)22)16-20-21(2)17(23-16)19-13-6-4-3-5-7-13/h8-10,13H,3-7H2,1-2H3,(H2,18,22). The van der Waals surface area contributed by atoms with Crippen LogP contribution in [0.5, 0.6) is 0 Å². The number of aromatic nitrogens is 2. The normalized spacial score (nSPS) is 16.7. The van der Waals surface area contributed by atoms with Crippen LogP contribution >= 0.6 is 11.3 Å². The molecule has 23 heavy (non-hydrogen) atoms. The lowest BCUT2D eigenvalue weighted by Gasteiger charge is -2.16. The first kappa shape index (κ1) is 15.9. The molecule has 1 heterocycles. The summed E-state index contributed by atoms with van der Waals surface area (Å²) in [7, 11) is 1.94. The van der Waals surface area contributed by atoms with E-state index in [0.717, 1.165) is 20.9 Å². The third kappa shape index (κ3) is 3.52. The van der Waals surface area contributed by atoms with E-state index in [2.05, 4.69) is 5.10 Å². The first-order valence-electron chi connectivity index (χ1n) is 8.03. The molecule has 2 N–H and O–H groups in total. The SMILES string of the molecule is Cc1cc(-c2nn(C)c(=NC3CCCCC3)s2)ccc1C(N)=O. The molecule has 5 nitrogen and oxygen atoms in total. The fraction of sp³-hybridized carbons (Fsp3) is 0.471. The van der Waals surface area contributed by atoms with Gasteiger partial charge in [0.05, 0.1) is 6.04 Å². The van der Waals surface area contributed by atoms with Crippen molar-refractivity contribution in [2.75, 3.05) is 0 Å². The Bertz CT molecular complexity index is 784. The van der Waals surface area contributed by atoms with Gasteiger partial charge >= 0.3 is 0 Å². The molecule has 0 aliphatic heterocycles. The van der Waals surface area contributed by atoms with Crippen molar-refractivity contribution in [2.45, 2.75) is 45.1 Å². The van der Waals surface area contributed by atoms with Crippen LogP contribution in [0.2, 0.25) is 0 Å². The molecular formula is C17H22N4OS. The van der Waals surface area contributed by atoms with Gasteiger partial charge < -0.3 is 5.73 Å². The Morgan fingerprint density at radius 2 is 2.09 bits per heavy atom. The molecule has 2 aromatic rings. The number of carbonyl (C=O) groups excluding carboxylic acids is 1. The van der Waals surface area contributed by atoms with Crippen molar-refractivity contribution in [3.63, 3.8) is 0 Å². The Labute approximate surface area is 139 Å². The molecule has 0 spiro atoms. The predicted molar refractivity (Wildman–Crippen MR) is 92.2 cm³/mol. The minimum Gasteiger partial charge on any atom is -0.366 e. The van der Waals surface area contributed by atoms with E-state index in [-0.39, 0.29) is 0 Å². The van der Waals surface area contributed by atoms with Crippen LogP contribution in [0.25, 0.3) is 10.6 Å². The first-order valence-corrected chi connectivity index (χ1v) is 8.85. The lowest BCUT2D eigenvalue weighted by molar-refractivity contribution is 0.0999. The largest absolute Gasteiger partial charge is 0.366 e. The maximum Gasteiger partial charge on any atom is 0.248 e. The molecule has 6 heteroatoms. The van der Waals surface area contributed by atoms with Gasteiger partial charge in [0.25, 0.3) is 0 Å². The second-order valence-corrected chi connectivity index (χ2v) is 7.08. The van der Waals surface area contributed by atoms with Crippen LogP contribution in [0, 0.1) is 6.92 Å². The Morgan fingerprint density at radius 3 is 2.74 bits per heavy atom. The van der Waals surface area contributed by atoms with Crippen molar-refractivity contribution in [1.29, 1.82) is 0 Å². The maximum atomic E-state index is 11.3. The van der Waals surface area contributed by atoms with Crippen molar-refractivity contribution in [3.05, 3.63) is 34.1 Å². The highest BCUT2D eigenvalue weighted by Gasteiger charge is 2.14. The minimum atomic E-state index is -0.397. The lowest BCUT2D eigenvalue weighted by Crippen LogP contribution is -2.18. The molecular weight excluding hydrogens is 308 g/mol. The molecule has 1 amide bonds. The van der Waals surface area contributed by atoms with Gasteiger partial charge in [-0.3, -0.25) is 9.79 Å². The second kappa shape index (κ2) is 6.66. The van der Waals surface area contributed by atoms with Crippen LogP contribution in [-0.2, 0) is 7.05 Å². The number of nitrogens with two attached hydrogens (primary N) is 1. The van der Waals surface area contributed by atoms with E-state index >= 15 is 0 Å². The van der Waals surface area contributed by atoms with Gasteiger partial charge in [-0.15, -0.1) is 0 Å². The number of nitrogens with zero attached hydrogens (tertiary/aromatic N) is 3. The van der Waals surface area contributed by atoms with Crippen LogP contribution in [-0.4, -0.2) is 21.7 Å². The summed E-state index contributed by atoms with van der Waals surface area (Å²) < 4.78 is 1.85. The van der Waals surface area contributed by atoms with Crippen LogP contribution in [0.15, 0.2) is 23.2 Å². The van der Waals surface area contributed by atoms with Crippen LogP contribution in [0.3, 0.4) is 0 Å². The molecule has 0 radical (unpaired) electrons. The monoisotopic (exact) mass is 330 g/mol. The van der Waals surface area contributed by atoms with Gasteiger partial charge in [0.2, 0.25) is 10.7 Å². The average molecular weight is 330 g/mol. The van der Waals surface area contributed by atoms with Crippen molar-refractivity contribution < 1.29 is 4.79 Å². The van der Waals surface area contributed by atoms with E-state index in [4.69, 9.17) is 10.7 Å². The molecule has 3 rings (SSSR count). The Kier molecular flexibility index (Phi) is 4.61. The molecule has 1 aliphatic carbocycles. The zero-order valence-corrected chi connectivity index (χ0v) is 14.4. The van der Waals surface area contributed by atoms with E-state index in [9.17, 15) is 4.79 Å². The lowest BCUT2D eigenvalue weighted by atomic mass is 9.96. The van der Waals surface area contributed by atoms with Gasteiger partial charge in [-0.25, -0.2) is 4.68 Å². The third-order valence-corrected chi connectivity index (χ3v) is 5.38. The van der Waals surface area contributed by atoms with Crippen molar-refractivity contribution >= 4 is 17.2 Å². The molecule has 0 saturated heterocycles. The summed E-state index contributed by atoms with van der Waals surface area (Å²) in [5.74, 6) is -0.397. The van der Waals surface area contributed by atoms with Crippen molar-refractivity contribution in [1.82, 2.24) is 9.78 Å². The number of amides is 1. The number of aryl methyl sites for hydroxylation is 2. The second-order valence-electron chi connectivity index (χ2n) is 6.13. The number of primary amides is 1. The van der Waals surface area contributed by atoms with Crippen LogP contribution in [0.4, 0.5) is 0 Å². The van der Waals surface area contributed by atoms with Crippen LogP contribution in [0.1, 0.15) is 48.0 Å². The van der Waals surface area contributed by atoms with Gasteiger partial charge in [0.15, 0.2) is 0 Å². The van der Waals surface area contributed by atoms with Gasteiger partial charge in [-0.05, 0) is 37.5 Å². The molecule has 1 fully saturated rings. The molecule has 0 unspecified atom stereocenters. The fourth-order valence-electron chi connectivity index (χ4n) is 3.02. The fourth-order valence-corrected chi connectivity index (χ4v) is 3.97. The summed E-state index contributed by atoms with van der Waals surface area (Å²) in [6, 6.07) is 6.06. The number of hydrogen-bond donors (Lipinski definition) is 1. The van der Waals surface area contributed by atoms with Gasteiger partial charge in [0.1, 0.15) is 5.01 Å². The highest BCUT2D eigenvalue weighted by atomic mass is 32.1. The summed E-state index contributed by atoms with van der Waals surface area (Å²) in [6.45, 7) is 1.89. The summed E-state index contributed by atoms with van der Waals surface area (Å²) in [6.07, 6.45) is 6.24. The summed E-state index contributed by atoms with van der Waals surface area (Å²) in [5.41, 5.74) is 7.79. The third-order valence-electron chi connectivity index (χ3n) is 4.31. The van der Waals surface area contributed by atoms with E-state index in [1.807, 2.05) is 30.8 Å². The van der Waals surface area contributed by atoms with Gasteiger partial charge in [0, 0.05) is 18.2 Å². The number of carbonyl (C=O) groups is 1. The molecule has 1 aromatic carbocycles. The molecule has 1 aliphatic rings. The number of rotatable bonds is 3. The zero-order valence-electron chi connectivity index (χ0n) is 13.6. The molecule has 122 valence electrons. The quantitative estimate of drug-likeness (QED) is 0.940. The number of benzene rings is 1. The first-order chi connectivity index (χ1) is 11.0. The zero-order chi connectivity index (χ0) is 16.4. The highest BCUT2D eigenvalue weighted by molar-refractivity contribution is 7.12. The summed E-state index contributed by atoms with van der Waals surface area (Å²) >= 11 is 1.60. The van der Waals surface area contributed by atoms with E-state index in [1.165, 1.54) is 32.1 Å². The topological polar surface area (TPSA) is 73.3 Å². The predicted octanol–water partition coefficient (Wildman–Crippen LogP) is 2.79. The van der Waals surface area contributed by atoms with E-state index in [1.54, 1.807) is 17.4 Å². The average Bonchev–Trinajstić information content (AvgIpc) is 2.89.